The molecular weight excluding hydrogens is 385 g/mol. The predicted octanol–water partition coefficient (Wildman–Crippen LogP) is 2.82. The summed E-state index contributed by atoms with van der Waals surface area (Å²) < 4.78 is 62.7. The predicted molar refractivity (Wildman–Crippen MR) is 91.0 cm³/mol. The Balaban J connectivity index is 2.10. The molecule has 0 unspecified atom stereocenters. The second kappa shape index (κ2) is 8.07. The van der Waals surface area contributed by atoms with Gasteiger partial charge in [-0.25, -0.2) is 8.42 Å². The van der Waals surface area contributed by atoms with Crippen LogP contribution in [0.2, 0.25) is 0 Å². The molecule has 0 aliphatic carbocycles. The van der Waals surface area contributed by atoms with Crippen molar-refractivity contribution in [1.82, 2.24) is 9.79 Å². The van der Waals surface area contributed by atoms with Crippen LogP contribution in [-0.2, 0) is 27.6 Å². The van der Waals surface area contributed by atoms with E-state index in [0.29, 0.717) is 10.0 Å². The van der Waals surface area contributed by atoms with Crippen molar-refractivity contribution < 1.29 is 31.2 Å². The van der Waals surface area contributed by atoms with Crippen LogP contribution in [-0.4, -0.2) is 33.0 Å². The lowest BCUT2D eigenvalue weighted by atomic mass is 10.1. The fraction of sp³-hybridized carbons (Fsp3) is 0.235. The smallest absolute Gasteiger partial charge is 0.348 e. The summed E-state index contributed by atoms with van der Waals surface area (Å²) in [7, 11) is -1.50. The normalized spacial score (nSPS) is 12.2. The molecule has 2 aromatic carbocycles. The Morgan fingerprint density at radius 1 is 1.15 bits per heavy atom. The molecule has 2 aromatic rings. The van der Waals surface area contributed by atoms with E-state index in [1.165, 1.54) is 50.6 Å². The maximum Gasteiger partial charge on any atom is 0.416 e. The SMILES string of the molecule is CON(C)S(=O)(=O)c1cccc(C(=O)NCc2ccc(C(F)(F)F)cc2)c1. The van der Waals surface area contributed by atoms with Gasteiger partial charge in [-0.1, -0.05) is 22.7 Å². The van der Waals surface area contributed by atoms with Gasteiger partial charge in [-0.15, -0.1) is 0 Å². The average Bonchev–Trinajstić information content (AvgIpc) is 2.65. The lowest BCUT2D eigenvalue weighted by Crippen LogP contribution is -2.27. The zero-order valence-electron chi connectivity index (χ0n) is 14.4. The Bertz CT molecular complexity index is 913. The van der Waals surface area contributed by atoms with Crippen LogP contribution in [0, 0.1) is 0 Å². The molecule has 1 N–H and O–H groups in total. The molecule has 0 fully saturated rings. The van der Waals surface area contributed by atoms with Crippen molar-refractivity contribution in [3.63, 3.8) is 0 Å². The Morgan fingerprint density at radius 2 is 1.78 bits per heavy atom. The number of nitrogens with one attached hydrogen (secondary N) is 1. The molecule has 1 amide bonds. The zero-order chi connectivity index (χ0) is 20.2. The van der Waals surface area contributed by atoms with Crippen LogP contribution in [0.1, 0.15) is 21.5 Å². The lowest BCUT2D eigenvalue weighted by molar-refractivity contribution is -0.137. The highest BCUT2D eigenvalue weighted by Gasteiger charge is 2.29. The molecule has 6 nitrogen and oxygen atoms in total. The van der Waals surface area contributed by atoms with Gasteiger partial charge in [-0.2, -0.15) is 13.2 Å². The number of hydrogen-bond acceptors (Lipinski definition) is 4. The molecule has 0 aliphatic heterocycles. The van der Waals surface area contributed by atoms with Crippen molar-refractivity contribution in [3.8, 4) is 0 Å². The minimum absolute atomic E-state index is 0.00801. The number of nitrogens with zero attached hydrogens (tertiary/aromatic N) is 1. The fourth-order valence-corrected chi connectivity index (χ4v) is 3.16. The number of benzene rings is 2. The highest BCUT2D eigenvalue weighted by atomic mass is 32.2. The van der Waals surface area contributed by atoms with Crippen molar-refractivity contribution in [2.75, 3.05) is 14.2 Å². The standard InChI is InChI=1S/C17H17F3N2O4S/c1-22(26-2)27(24,25)15-5-3-4-13(10-15)16(23)21-11-12-6-8-14(9-7-12)17(18,19)20/h3-10H,11H2,1-2H3,(H,21,23). The third kappa shape index (κ3) is 5.06. The summed E-state index contributed by atoms with van der Waals surface area (Å²) >= 11 is 0. The van der Waals surface area contributed by atoms with Gasteiger partial charge >= 0.3 is 6.18 Å². The molecular formula is C17H17F3N2O4S. The van der Waals surface area contributed by atoms with Crippen LogP contribution < -0.4 is 5.32 Å². The number of amides is 1. The van der Waals surface area contributed by atoms with Gasteiger partial charge in [-0.3, -0.25) is 9.63 Å². The molecule has 0 aliphatic rings. The minimum atomic E-state index is -4.43. The van der Waals surface area contributed by atoms with Crippen LogP contribution in [0.15, 0.2) is 53.4 Å². The monoisotopic (exact) mass is 402 g/mol. The van der Waals surface area contributed by atoms with E-state index in [1.807, 2.05) is 0 Å². The van der Waals surface area contributed by atoms with E-state index in [-0.39, 0.29) is 17.0 Å². The summed E-state index contributed by atoms with van der Waals surface area (Å²) in [6.45, 7) is -0.00801. The third-order valence-corrected chi connectivity index (χ3v) is 5.40. The molecule has 0 radical (unpaired) electrons. The first-order valence-electron chi connectivity index (χ1n) is 7.63. The van der Waals surface area contributed by atoms with Gasteiger partial charge in [0.2, 0.25) is 0 Å². The molecule has 0 saturated heterocycles. The van der Waals surface area contributed by atoms with E-state index in [4.69, 9.17) is 0 Å². The topological polar surface area (TPSA) is 75.7 Å². The molecule has 0 spiro atoms. The van der Waals surface area contributed by atoms with Crippen molar-refractivity contribution in [3.05, 3.63) is 65.2 Å². The van der Waals surface area contributed by atoms with Gasteiger partial charge < -0.3 is 5.32 Å². The van der Waals surface area contributed by atoms with Crippen LogP contribution >= 0.6 is 0 Å². The summed E-state index contributed by atoms with van der Waals surface area (Å²) in [5.41, 5.74) is -0.218. The molecule has 0 aromatic heterocycles. The van der Waals surface area contributed by atoms with E-state index >= 15 is 0 Å². The summed E-state index contributed by atoms with van der Waals surface area (Å²) in [6, 6.07) is 9.71. The number of carbonyl (C=O) groups excluding carboxylic acids is 1. The molecule has 146 valence electrons. The Morgan fingerprint density at radius 3 is 2.33 bits per heavy atom. The number of halogens is 3. The van der Waals surface area contributed by atoms with E-state index < -0.39 is 27.7 Å². The van der Waals surface area contributed by atoms with E-state index in [0.717, 1.165) is 12.1 Å². The highest BCUT2D eigenvalue weighted by Crippen LogP contribution is 2.29. The number of alkyl halides is 3. The molecule has 2 rings (SSSR count). The van der Waals surface area contributed by atoms with Gasteiger partial charge in [0.05, 0.1) is 17.6 Å². The average molecular weight is 402 g/mol. The Kier molecular flexibility index (Phi) is 6.24. The van der Waals surface area contributed by atoms with Crippen molar-refractivity contribution in [1.29, 1.82) is 0 Å². The third-order valence-electron chi connectivity index (χ3n) is 3.72. The first-order chi connectivity index (χ1) is 12.6. The van der Waals surface area contributed by atoms with Gasteiger partial charge in [0.15, 0.2) is 0 Å². The number of hydroxylamine groups is 1. The Labute approximate surface area is 154 Å². The van der Waals surface area contributed by atoms with E-state index in [2.05, 4.69) is 10.2 Å². The lowest BCUT2D eigenvalue weighted by Gasteiger charge is -2.14. The summed E-state index contributed by atoms with van der Waals surface area (Å²) in [6.07, 6.45) is -4.43. The summed E-state index contributed by atoms with van der Waals surface area (Å²) in [5, 5.41) is 2.54. The second-order valence-corrected chi connectivity index (χ2v) is 7.44. The Hall–Kier alpha value is -2.43. The zero-order valence-corrected chi connectivity index (χ0v) is 15.3. The van der Waals surface area contributed by atoms with Crippen LogP contribution in [0.25, 0.3) is 0 Å². The molecule has 10 heteroatoms. The highest BCUT2D eigenvalue weighted by molar-refractivity contribution is 7.89. The number of carbonyl (C=O) groups is 1. The number of hydrogen-bond donors (Lipinski definition) is 1. The molecule has 0 bridgehead atoms. The maximum atomic E-state index is 12.5. The molecule has 0 saturated carbocycles. The second-order valence-electron chi connectivity index (χ2n) is 5.50. The maximum absolute atomic E-state index is 12.5. The minimum Gasteiger partial charge on any atom is -0.348 e. The number of sulfonamides is 1. The largest absolute Gasteiger partial charge is 0.416 e. The number of rotatable bonds is 6. The molecule has 0 atom stereocenters. The van der Waals surface area contributed by atoms with Crippen molar-refractivity contribution in [2.24, 2.45) is 0 Å². The van der Waals surface area contributed by atoms with Crippen molar-refractivity contribution >= 4 is 15.9 Å². The van der Waals surface area contributed by atoms with Crippen molar-refractivity contribution in [2.45, 2.75) is 17.6 Å². The molecule has 27 heavy (non-hydrogen) atoms. The quantitative estimate of drug-likeness (QED) is 0.754. The molecule has 0 heterocycles. The van der Waals surface area contributed by atoms with E-state index in [9.17, 15) is 26.4 Å². The van der Waals surface area contributed by atoms with Crippen LogP contribution in [0.3, 0.4) is 0 Å². The van der Waals surface area contributed by atoms with Gasteiger partial charge in [0, 0.05) is 19.2 Å². The van der Waals surface area contributed by atoms with Gasteiger partial charge in [0.1, 0.15) is 0 Å². The van der Waals surface area contributed by atoms with Crippen LogP contribution in [0.5, 0.6) is 0 Å². The van der Waals surface area contributed by atoms with Crippen LogP contribution in [0.4, 0.5) is 13.2 Å². The summed E-state index contributed by atoms with van der Waals surface area (Å²) in [4.78, 5) is 16.8. The first kappa shape index (κ1) is 20.9. The van der Waals surface area contributed by atoms with Gasteiger partial charge in [-0.05, 0) is 35.9 Å². The first-order valence-corrected chi connectivity index (χ1v) is 9.07. The van der Waals surface area contributed by atoms with Gasteiger partial charge in [0.25, 0.3) is 15.9 Å². The van der Waals surface area contributed by atoms with E-state index in [1.54, 1.807) is 0 Å². The summed E-state index contributed by atoms with van der Waals surface area (Å²) in [5.74, 6) is -0.563. The fourth-order valence-electron chi connectivity index (χ4n) is 2.14.